The Kier molecular flexibility index (Phi) is 14.8. The predicted molar refractivity (Wildman–Crippen MR) is 142 cm³/mol. The van der Waals surface area contributed by atoms with Crippen molar-refractivity contribution in [2.24, 2.45) is 4.99 Å². The molecule has 0 aliphatic heterocycles. The van der Waals surface area contributed by atoms with E-state index in [9.17, 15) is 0 Å². The van der Waals surface area contributed by atoms with Gasteiger partial charge in [0.2, 0.25) is 0 Å². The summed E-state index contributed by atoms with van der Waals surface area (Å²) in [4.78, 5) is 4.34. The molecule has 1 unspecified atom stereocenters. The molecule has 0 aliphatic carbocycles. The van der Waals surface area contributed by atoms with Gasteiger partial charge in [-0.1, -0.05) is 43.3 Å². The monoisotopic (exact) mass is 555 g/mol. The first kappa shape index (κ1) is 28.2. The summed E-state index contributed by atoms with van der Waals surface area (Å²) in [5.41, 5.74) is 3.67. The normalized spacial score (nSPS) is 12.1. The Bertz CT molecular complexity index is 784. The smallest absolute Gasteiger partial charge is 0.191 e. The van der Waals surface area contributed by atoms with Gasteiger partial charge >= 0.3 is 0 Å². The van der Waals surface area contributed by atoms with Crippen LogP contribution in [0.2, 0.25) is 0 Å². The van der Waals surface area contributed by atoms with E-state index in [2.05, 4.69) is 58.9 Å². The standard InChI is InChI=1S/C25H37N3O3.HI/c1-5-30-15-16-31-19-22-8-6-7-21(17-22)18-28-25(26-3)27-14-13-20(2)23-9-11-24(29-4)12-10-23;/h6-12,17,20H,5,13-16,18-19H2,1-4H3,(H2,26,27,28);1H. The maximum absolute atomic E-state index is 5.66. The van der Waals surface area contributed by atoms with Gasteiger partial charge in [0.25, 0.3) is 0 Å². The average Bonchev–Trinajstić information content (AvgIpc) is 2.81. The zero-order valence-corrected chi connectivity index (χ0v) is 22.1. The third-order valence-electron chi connectivity index (χ3n) is 5.07. The third-order valence-corrected chi connectivity index (χ3v) is 5.07. The Balaban J connectivity index is 0.00000512. The van der Waals surface area contributed by atoms with E-state index in [1.807, 2.05) is 19.1 Å². The second-order valence-electron chi connectivity index (χ2n) is 7.38. The van der Waals surface area contributed by atoms with Crippen LogP contribution >= 0.6 is 24.0 Å². The molecule has 0 amide bonds. The summed E-state index contributed by atoms with van der Waals surface area (Å²) < 4.78 is 16.2. The summed E-state index contributed by atoms with van der Waals surface area (Å²) in [6.07, 6.45) is 1.02. The molecule has 0 heterocycles. The number of nitrogens with one attached hydrogen (secondary N) is 2. The van der Waals surface area contributed by atoms with Crippen LogP contribution in [0.15, 0.2) is 53.5 Å². The third kappa shape index (κ3) is 10.7. The molecule has 32 heavy (non-hydrogen) atoms. The molecule has 6 nitrogen and oxygen atoms in total. The number of guanidine groups is 1. The second-order valence-corrected chi connectivity index (χ2v) is 7.38. The highest BCUT2D eigenvalue weighted by Gasteiger charge is 2.07. The molecule has 2 aromatic rings. The lowest BCUT2D eigenvalue weighted by atomic mass is 9.98. The molecule has 0 saturated heterocycles. The summed E-state index contributed by atoms with van der Waals surface area (Å²) in [5.74, 6) is 2.15. The first-order chi connectivity index (χ1) is 15.2. The van der Waals surface area contributed by atoms with Crippen LogP contribution in [-0.4, -0.2) is 46.5 Å². The summed E-state index contributed by atoms with van der Waals surface area (Å²) >= 11 is 0. The predicted octanol–water partition coefficient (Wildman–Crippen LogP) is 4.73. The van der Waals surface area contributed by atoms with Gasteiger partial charge in [0.05, 0.1) is 26.9 Å². The van der Waals surface area contributed by atoms with Gasteiger partial charge in [-0.2, -0.15) is 0 Å². The Morgan fingerprint density at radius 2 is 1.72 bits per heavy atom. The molecule has 178 valence electrons. The van der Waals surface area contributed by atoms with E-state index in [-0.39, 0.29) is 24.0 Å². The first-order valence-electron chi connectivity index (χ1n) is 11.0. The lowest BCUT2D eigenvalue weighted by molar-refractivity contribution is 0.0453. The summed E-state index contributed by atoms with van der Waals surface area (Å²) in [5, 5.41) is 6.79. The number of aliphatic imine (C=N–C) groups is 1. The lowest BCUT2D eigenvalue weighted by Crippen LogP contribution is -2.37. The molecule has 0 bridgehead atoms. The largest absolute Gasteiger partial charge is 0.497 e. The van der Waals surface area contributed by atoms with Gasteiger partial charge < -0.3 is 24.8 Å². The number of rotatable bonds is 13. The number of benzene rings is 2. The molecule has 0 aliphatic rings. The highest BCUT2D eigenvalue weighted by atomic mass is 127. The van der Waals surface area contributed by atoms with Crippen molar-refractivity contribution in [2.75, 3.05) is 40.5 Å². The van der Waals surface area contributed by atoms with Gasteiger partial charge in [-0.05, 0) is 48.1 Å². The topological polar surface area (TPSA) is 64.1 Å². The summed E-state index contributed by atoms with van der Waals surface area (Å²) in [6.45, 7) is 8.35. The van der Waals surface area contributed by atoms with Crippen molar-refractivity contribution in [3.63, 3.8) is 0 Å². The van der Waals surface area contributed by atoms with E-state index in [0.29, 0.717) is 32.3 Å². The van der Waals surface area contributed by atoms with E-state index in [4.69, 9.17) is 14.2 Å². The zero-order valence-electron chi connectivity index (χ0n) is 19.7. The van der Waals surface area contributed by atoms with Crippen LogP contribution in [0.4, 0.5) is 0 Å². The Hall–Kier alpha value is -1.84. The van der Waals surface area contributed by atoms with Crippen LogP contribution in [0.5, 0.6) is 5.75 Å². The molecule has 0 fully saturated rings. The van der Waals surface area contributed by atoms with Crippen molar-refractivity contribution >= 4 is 29.9 Å². The van der Waals surface area contributed by atoms with Crippen molar-refractivity contribution in [3.8, 4) is 5.75 Å². The second kappa shape index (κ2) is 16.7. The van der Waals surface area contributed by atoms with E-state index in [0.717, 1.165) is 36.8 Å². The highest BCUT2D eigenvalue weighted by molar-refractivity contribution is 14.0. The average molecular weight is 556 g/mol. The van der Waals surface area contributed by atoms with Crippen LogP contribution in [0.25, 0.3) is 0 Å². The quantitative estimate of drug-likeness (QED) is 0.162. The fraction of sp³-hybridized carbons (Fsp3) is 0.480. The minimum Gasteiger partial charge on any atom is -0.497 e. The minimum absolute atomic E-state index is 0. The summed E-state index contributed by atoms with van der Waals surface area (Å²) in [6, 6.07) is 16.7. The van der Waals surface area contributed by atoms with Crippen molar-refractivity contribution < 1.29 is 14.2 Å². The van der Waals surface area contributed by atoms with Gasteiger partial charge in [-0.15, -0.1) is 24.0 Å². The molecule has 0 aromatic heterocycles. The van der Waals surface area contributed by atoms with Crippen LogP contribution in [-0.2, 0) is 22.6 Å². The molecule has 2 aromatic carbocycles. The maximum Gasteiger partial charge on any atom is 0.191 e. The molecule has 7 heteroatoms. The van der Waals surface area contributed by atoms with E-state index < -0.39 is 0 Å². The SMILES string of the molecule is CCOCCOCc1cccc(CNC(=NC)NCCC(C)c2ccc(OC)cc2)c1.I. The molecule has 2 rings (SSSR count). The molecule has 1 atom stereocenters. The lowest BCUT2D eigenvalue weighted by Gasteiger charge is -2.16. The molecule has 2 N–H and O–H groups in total. The Morgan fingerprint density at radius 3 is 2.41 bits per heavy atom. The minimum atomic E-state index is 0. The summed E-state index contributed by atoms with van der Waals surface area (Å²) in [7, 11) is 3.49. The zero-order chi connectivity index (χ0) is 22.3. The van der Waals surface area contributed by atoms with Crippen molar-refractivity contribution in [2.45, 2.75) is 39.3 Å². The van der Waals surface area contributed by atoms with Gasteiger partial charge in [0.15, 0.2) is 5.96 Å². The van der Waals surface area contributed by atoms with Crippen LogP contribution in [0, 0.1) is 0 Å². The number of nitrogens with zero attached hydrogens (tertiary/aromatic N) is 1. The number of hydrogen-bond donors (Lipinski definition) is 2. The van der Waals surface area contributed by atoms with Crippen molar-refractivity contribution in [1.82, 2.24) is 10.6 Å². The molecular formula is C25H38IN3O3. The molecule has 0 saturated carbocycles. The Labute approximate surface area is 210 Å². The number of hydrogen-bond acceptors (Lipinski definition) is 4. The molecular weight excluding hydrogens is 517 g/mol. The molecule has 0 spiro atoms. The number of halogens is 1. The maximum atomic E-state index is 5.66. The van der Waals surface area contributed by atoms with E-state index in [1.54, 1.807) is 14.2 Å². The highest BCUT2D eigenvalue weighted by Crippen LogP contribution is 2.21. The van der Waals surface area contributed by atoms with E-state index >= 15 is 0 Å². The fourth-order valence-electron chi connectivity index (χ4n) is 3.19. The van der Waals surface area contributed by atoms with Gasteiger partial charge in [-0.25, -0.2) is 0 Å². The van der Waals surface area contributed by atoms with E-state index in [1.165, 1.54) is 11.1 Å². The van der Waals surface area contributed by atoms with Crippen LogP contribution in [0.3, 0.4) is 0 Å². The van der Waals surface area contributed by atoms with Gasteiger partial charge in [-0.3, -0.25) is 4.99 Å². The van der Waals surface area contributed by atoms with Crippen molar-refractivity contribution in [3.05, 3.63) is 65.2 Å². The fourth-order valence-corrected chi connectivity index (χ4v) is 3.19. The number of methoxy groups -OCH3 is 1. The van der Waals surface area contributed by atoms with Crippen LogP contribution in [0.1, 0.15) is 42.9 Å². The molecule has 0 radical (unpaired) electrons. The first-order valence-corrected chi connectivity index (χ1v) is 11.0. The Morgan fingerprint density at radius 1 is 1.00 bits per heavy atom. The number of ether oxygens (including phenoxy) is 3. The van der Waals surface area contributed by atoms with Crippen molar-refractivity contribution in [1.29, 1.82) is 0 Å². The van der Waals surface area contributed by atoms with Gasteiger partial charge in [0.1, 0.15) is 5.75 Å². The van der Waals surface area contributed by atoms with Crippen LogP contribution < -0.4 is 15.4 Å². The van der Waals surface area contributed by atoms with Gasteiger partial charge in [0, 0.05) is 26.7 Å².